The van der Waals surface area contributed by atoms with Crippen molar-refractivity contribution >= 4 is 0 Å². The lowest BCUT2D eigenvalue weighted by Gasteiger charge is -2.08. The number of hydrogen-bond acceptors (Lipinski definition) is 2. The van der Waals surface area contributed by atoms with Crippen LogP contribution in [0.4, 0.5) is 0 Å². The van der Waals surface area contributed by atoms with Crippen LogP contribution in [0.15, 0.2) is 34.0 Å². The monoisotopic (exact) mass is 258 g/mol. The van der Waals surface area contributed by atoms with Crippen molar-refractivity contribution in [2.75, 3.05) is 0 Å². The number of rotatable bonds is 3. The molecular formula is C15H18N2O2. The molecule has 4 heteroatoms. The van der Waals surface area contributed by atoms with Gasteiger partial charge in [-0.1, -0.05) is 25.1 Å². The average Bonchev–Trinajstić information content (AvgIpc) is 2.37. The van der Waals surface area contributed by atoms with E-state index in [0.29, 0.717) is 18.5 Å². The van der Waals surface area contributed by atoms with Crippen LogP contribution in [-0.2, 0) is 13.0 Å². The smallest absolute Gasteiger partial charge is 0.296 e. The zero-order valence-corrected chi connectivity index (χ0v) is 11.5. The summed E-state index contributed by atoms with van der Waals surface area (Å²) >= 11 is 0. The molecule has 2 rings (SSSR count). The van der Waals surface area contributed by atoms with Crippen LogP contribution in [0.2, 0.25) is 0 Å². The van der Waals surface area contributed by atoms with Crippen molar-refractivity contribution in [1.82, 2.24) is 9.55 Å². The number of H-pyrrole nitrogens is 1. The SMILES string of the molecule is CCc1cn(Cc2ccc(C)c(C)c2)c(=O)[nH]c1=O. The van der Waals surface area contributed by atoms with Crippen LogP contribution >= 0.6 is 0 Å². The maximum Gasteiger partial charge on any atom is 0.328 e. The van der Waals surface area contributed by atoms with Gasteiger partial charge in [-0.15, -0.1) is 0 Å². The molecule has 0 fully saturated rings. The second kappa shape index (κ2) is 5.26. The number of aromatic nitrogens is 2. The molecule has 0 radical (unpaired) electrons. The fourth-order valence-corrected chi connectivity index (χ4v) is 2.02. The van der Waals surface area contributed by atoms with Gasteiger partial charge in [-0.3, -0.25) is 14.3 Å². The van der Waals surface area contributed by atoms with Crippen LogP contribution in [0.1, 0.15) is 29.2 Å². The Balaban J connectivity index is 2.40. The molecule has 0 amide bonds. The van der Waals surface area contributed by atoms with Gasteiger partial charge in [0.15, 0.2) is 0 Å². The molecule has 19 heavy (non-hydrogen) atoms. The predicted octanol–water partition coefficient (Wildman–Crippen LogP) is 1.76. The molecule has 0 atom stereocenters. The van der Waals surface area contributed by atoms with E-state index in [1.807, 2.05) is 26.0 Å². The van der Waals surface area contributed by atoms with Gasteiger partial charge in [0.05, 0.1) is 6.54 Å². The molecule has 0 aliphatic carbocycles. The van der Waals surface area contributed by atoms with Crippen molar-refractivity contribution in [2.45, 2.75) is 33.7 Å². The number of aromatic amines is 1. The molecule has 0 aliphatic rings. The van der Waals surface area contributed by atoms with Crippen LogP contribution in [0, 0.1) is 13.8 Å². The fourth-order valence-electron chi connectivity index (χ4n) is 2.02. The first kappa shape index (κ1) is 13.3. The highest BCUT2D eigenvalue weighted by Gasteiger charge is 2.04. The van der Waals surface area contributed by atoms with Crippen LogP contribution in [0.3, 0.4) is 0 Å². The third-order valence-corrected chi connectivity index (χ3v) is 3.39. The summed E-state index contributed by atoms with van der Waals surface area (Å²) in [5, 5.41) is 0. The number of nitrogens with one attached hydrogen (secondary N) is 1. The molecule has 1 aromatic heterocycles. The predicted molar refractivity (Wildman–Crippen MR) is 75.7 cm³/mol. The molecule has 2 aromatic rings. The Kier molecular flexibility index (Phi) is 3.69. The highest BCUT2D eigenvalue weighted by Crippen LogP contribution is 2.10. The van der Waals surface area contributed by atoms with Crippen molar-refractivity contribution in [3.8, 4) is 0 Å². The van der Waals surface area contributed by atoms with Crippen molar-refractivity contribution in [1.29, 1.82) is 0 Å². The molecule has 4 nitrogen and oxygen atoms in total. The Labute approximate surface area is 111 Å². The first-order chi connectivity index (χ1) is 9.01. The number of aryl methyl sites for hydroxylation is 3. The minimum absolute atomic E-state index is 0.288. The lowest BCUT2D eigenvalue weighted by Crippen LogP contribution is -2.31. The first-order valence-electron chi connectivity index (χ1n) is 6.40. The maximum absolute atomic E-state index is 11.8. The van der Waals surface area contributed by atoms with Crippen molar-refractivity contribution in [3.05, 3.63) is 67.5 Å². The van der Waals surface area contributed by atoms with Gasteiger partial charge in [0.1, 0.15) is 0 Å². The maximum atomic E-state index is 11.8. The van der Waals surface area contributed by atoms with E-state index in [1.165, 1.54) is 11.1 Å². The van der Waals surface area contributed by atoms with E-state index in [-0.39, 0.29) is 11.2 Å². The molecule has 100 valence electrons. The molecule has 0 unspecified atom stereocenters. The lowest BCUT2D eigenvalue weighted by atomic mass is 10.1. The first-order valence-corrected chi connectivity index (χ1v) is 6.40. The molecule has 0 aliphatic heterocycles. The molecule has 0 spiro atoms. The van der Waals surface area contributed by atoms with Gasteiger partial charge in [-0.05, 0) is 37.0 Å². The summed E-state index contributed by atoms with van der Waals surface area (Å²) in [5.74, 6) is 0. The minimum atomic E-state index is -0.361. The number of hydrogen-bond donors (Lipinski definition) is 1. The van der Waals surface area contributed by atoms with Gasteiger partial charge >= 0.3 is 5.69 Å². The van der Waals surface area contributed by atoms with E-state index in [2.05, 4.69) is 18.0 Å². The molecular weight excluding hydrogens is 240 g/mol. The standard InChI is InChI=1S/C15H18N2O2/c1-4-13-9-17(15(19)16-14(13)18)8-12-6-5-10(2)11(3)7-12/h5-7,9H,4,8H2,1-3H3,(H,16,18,19). The Bertz CT molecular complexity index is 711. The third kappa shape index (κ3) is 2.84. The van der Waals surface area contributed by atoms with Crippen LogP contribution in [0.25, 0.3) is 0 Å². The lowest BCUT2D eigenvalue weighted by molar-refractivity contribution is 0.707. The molecule has 1 aromatic carbocycles. The summed E-state index contributed by atoms with van der Waals surface area (Å²) < 4.78 is 1.55. The van der Waals surface area contributed by atoms with Gasteiger partial charge in [-0.25, -0.2) is 4.79 Å². The second-order valence-corrected chi connectivity index (χ2v) is 4.81. The van der Waals surface area contributed by atoms with E-state index < -0.39 is 0 Å². The molecule has 0 saturated carbocycles. The normalized spacial score (nSPS) is 10.7. The third-order valence-electron chi connectivity index (χ3n) is 3.39. The summed E-state index contributed by atoms with van der Waals surface area (Å²) in [6, 6.07) is 6.12. The van der Waals surface area contributed by atoms with Crippen molar-refractivity contribution < 1.29 is 0 Å². The second-order valence-electron chi connectivity index (χ2n) is 4.81. The van der Waals surface area contributed by atoms with Crippen LogP contribution in [0.5, 0.6) is 0 Å². The molecule has 1 N–H and O–H groups in total. The van der Waals surface area contributed by atoms with Gasteiger partial charge in [0.25, 0.3) is 5.56 Å². The zero-order valence-electron chi connectivity index (χ0n) is 11.5. The van der Waals surface area contributed by atoms with Crippen molar-refractivity contribution in [3.63, 3.8) is 0 Å². The Morgan fingerprint density at radius 2 is 1.89 bits per heavy atom. The van der Waals surface area contributed by atoms with Gasteiger partial charge in [-0.2, -0.15) is 0 Å². The van der Waals surface area contributed by atoms with Crippen LogP contribution < -0.4 is 11.2 Å². The highest BCUT2D eigenvalue weighted by atomic mass is 16.2. The summed E-state index contributed by atoms with van der Waals surface area (Å²) in [4.78, 5) is 25.6. The summed E-state index contributed by atoms with van der Waals surface area (Å²) in [6.45, 7) is 6.48. The summed E-state index contributed by atoms with van der Waals surface area (Å²) in [5.41, 5.74) is 3.46. The van der Waals surface area contributed by atoms with Gasteiger partial charge in [0.2, 0.25) is 0 Å². The molecule has 1 heterocycles. The Morgan fingerprint density at radius 3 is 2.53 bits per heavy atom. The van der Waals surface area contributed by atoms with E-state index >= 15 is 0 Å². The largest absolute Gasteiger partial charge is 0.328 e. The summed E-state index contributed by atoms with van der Waals surface area (Å²) in [7, 11) is 0. The number of nitrogens with zero attached hydrogens (tertiary/aromatic N) is 1. The quantitative estimate of drug-likeness (QED) is 0.912. The van der Waals surface area contributed by atoms with E-state index in [9.17, 15) is 9.59 Å². The zero-order chi connectivity index (χ0) is 14.0. The Hall–Kier alpha value is -2.10. The van der Waals surface area contributed by atoms with E-state index in [1.54, 1.807) is 10.8 Å². The van der Waals surface area contributed by atoms with E-state index in [4.69, 9.17) is 0 Å². The van der Waals surface area contributed by atoms with E-state index in [0.717, 1.165) is 5.56 Å². The topological polar surface area (TPSA) is 54.9 Å². The van der Waals surface area contributed by atoms with Gasteiger partial charge in [0, 0.05) is 11.8 Å². The highest BCUT2D eigenvalue weighted by molar-refractivity contribution is 5.30. The summed E-state index contributed by atoms with van der Waals surface area (Å²) in [6.07, 6.45) is 2.26. The fraction of sp³-hybridized carbons (Fsp3) is 0.333. The van der Waals surface area contributed by atoms with Gasteiger partial charge < -0.3 is 0 Å². The molecule has 0 saturated heterocycles. The number of benzene rings is 1. The van der Waals surface area contributed by atoms with Crippen LogP contribution in [-0.4, -0.2) is 9.55 Å². The minimum Gasteiger partial charge on any atom is -0.296 e. The Morgan fingerprint density at radius 1 is 1.16 bits per heavy atom. The average molecular weight is 258 g/mol. The molecule has 0 bridgehead atoms. The van der Waals surface area contributed by atoms with Crippen molar-refractivity contribution in [2.24, 2.45) is 0 Å².